The molecule has 7 heteroatoms. The molecule has 0 aliphatic carbocycles. The van der Waals surface area contributed by atoms with Gasteiger partial charge in [0.15, 0.2) is 5.89 Å². The van der Waals surface area contributed by atoms with E-state index in [0.29, 0.717) is 11.6 Å². The Hall–Kier alpha value is -1.89. The van der Waals surface area contributed by atoms with E-state index in [4.69, 9.17) is 14.6 Å². The Morgan fingerprint density at radius 3 is 2.53 bits per heavy atom. The SMILES string of the molecule is Cc1nc(C)c(C(=O)N[C@@H](CCO)C(=O)O)o1. The normalized spacial score (nSPS) is 12.2. The number of aliphatic hydroxyl groups is 1. The van der Waals surface area contributed by atoms with Gasteiger partial charge in [0.25, 0.3) is 5.91 Å². The van der Waals surface area contributed by atoms with Gasteiger partial charge in [0.05, 0.1) is 5.69 Å². The average Bonchev–Trinajstić information content (AvgIpc) is 2.57. The van der Waals surface area contributed by atoms with E-state index < -0.39 is 17.9 Å². The molecule has 0 aromatic carbocycles. The first-order valence-electron chi connectivity index (χ1n) is 5.04. The smallest absolute Gasteiger partial charge is 0.326 e. The first-order chi connectivity index (χ1) is 7.95. The lowest BCUT2D eigenvalue weighted by Crippen LogP contribution is -2.41. The predicted octanol–water partition coefficient (Wildman–Crippen LogP) is -0.143. The standard InChI is InChI=1S/C10H14N2O5/c1-5-8(17-6(2)11-5)9(14)12-7(3-4-13)10(15)16/h7,13H,3-4H2,1-2H3,(H,12,14)(H,15,16)/t7-/m0/s1. The number of aryl methyl sites for hydroxylation is 2. The molecule has 1 heterocycles. The number of aliphatic carboxylic acids is 1. The van der Waals surface area contributed by atoms with Crippen molar-refractivity contribution in [2.45, 2.75) is 26.3 Å². The van der Waals surface area contributed by atoms with E-state index in [1.807, 2.05) is 0 Å². The third-order valence-electron chi connectivity index (χ3n) is 2.13. The van der Waals surface area contributed by atoms with Gasteiger partial charge in [0, 0.05) is 20.0 Å². The maximum absolute atomic E-state index is 11.7. The Bertz CT molecular complexity index is 426. The van der Waals surface area contributed by atoms with Gasteiger partial charge in [-0.15, -0.1) is 0 Å². The molecule has 0 spiro atoms. The fourth-order valence-electron chi connectivity index (χ4n) is 1.35. The van der Waals surface area contributed by atoms with Crippen molar-refractivity contribution in [1.29, 1.82) is 0 Å². The molecule has 0 saturated carbocycles. The van der Waals surface area contributed by atoms with E-state index in [2.05, 4.69) is 10.3 Å². The Morgan fingerprint density at radius 2 is 2.12 bits per heavy atom. The first kappa shape index (κ1) is 13.2. The van der Waals surface area contributed by atoms with Gasteiger partial charge in [-0.1, -0.05) is 0 Å². The number of hydrogen-bond acceptors (Lipinski definition) is 5. The number of aromatic nitrogens is 1. The van der Waals surface area contributed by atoms with E-state index in [1.54, 1.807) is 13.8 Å². The molecule has 1 aromatic heterocycles. The lowest BCUT2D eigenvalue weighted by atomic mass is 10.2. The number of oxazole rings is 1. The number of amides is 1. The molecule has 7 nitrogen and oxygen atoms in total. The molecule has 0 fully saturated rings. The Kier molecular flexibility index (Phi) is 4.22. The zero-order valence-electron chi connectivity index (χ0n) is 9.56. The summed E-state index contributed by atoms with van der Waals surface area (Å²) < 4.78 is 5.06. The second kappa shape index (κ2) is 5.44. The maximum Gasteiger partial charge on any atom is 0.326 e. The first-order valence-corrected chi connectivity index (χ1v) is 5.04. The topological polar surface area (TPSA) is 113 Å². The Morgan fingerprint density at radius 1 is 1.47 bits per heavy atom. The lowest BCUT2D eigenvalue weighted by Gasteiger charge is -2.11. The van der Waals surface area contributed by atoms with Gasteiger partial charge in [0.1, 0.15) is 6.04 Å². The largest absolute Gasteiger partial charge is 0.480 e. The van der Waals surface area contributed by atoms with Crippen molar-refractivity contribution in [3.8, 4) is 0 Å². The lowest BCUT2D eigenvalue weighted by molar-refractivity contribution is -0.139. The van der Waals surface area contributed by atoms with Crippen molar-refractivity contribution < 1.29 is 24.2 Å². The number of rotatable bonds is 5. The molecule has 0 unspecified atom stereocenters. The second-order valence-corrected chi connectivity index (χ2v) is 3.52. The summed E-state index contributed by atoms with van der Waals surface area (Å²) in [5.41, 5.74) is 0.396. The highest BCUT2D eigenvalue weighted by atomic mass is 16.4. The van der Waals surface area contributed by atoms with Crippen molar-refractivity contribution in [3.05, 3.63) is 17.3 Å². The van der Waals surface area contributed by atoms with Crippen LogP contribution in [0.2, 0.25) is 0 Å². The number of carboxylic acids is 1. The highest BCUT2D eigenvalue weighted by Gasteiger charge is 2.23. The van der Waals surface area contributed by atoms with Gasteiger partial charge in [-0.25, -0.2) is 9.78 Å². The molecule has 1 amide bonds. The zero-order chi connectivity index (χ0) is 13.0. The maximum atomic E-state index is 11.7. The van der Waals surface area contributed by atoms with E-state index in [1.165, 1.54) is 0 Å². The van der Waals surface area contributed by atoms with Crippen molar-refractivity contribution in [2.24, 2.45) is 0 Å². The number of nitrogens with one attached hydrogen (secondary N) is 1. The van der Waals surface area contributed by atoms with Crippen LogP contribution in [0.15, 0.2) is 4.42 Å². The van der Waals surface area contributed by atoms with Gasteiger partial charge in [-0.05, 0) is 6.92 Å². The molecular weight excluding hydrogens is 228 g/mol. The van der Waals surface area contributed by atoms with Crippen molar-refractivity contribution in [1.82, 2.24) is 10.3 Å². The minimum atomic E-state index is -1.21. The molecule has 3 N–H and O–H groups in total. The molecule has 17 heavy (non-hydrogen) atoms. The zero-order valence-corrected chi connectivity index (χ0v) is 9.56. The highest BCUT2D eigenvalue weighted by molar-refractivity contribution is 5.95. The summed E-state index contributed by atoms with van der Waals surface area (Å²) in [4.78, 5) is 26.4. The van der Waals surface area contributed by atoms with E-state index in [0.717, 1.165) is 0 Å². The van der Waals surface area contributed by atoms with Crippen LogP contribution in [-0.2, 0) is 4.79 Å². The molecule has 0 radical (unpaired) electrons. The summed E-state index contributed by atoms with van der Waals surface area (Å²) in [6.45, 7) is 2.85. The second-order valence-electron chi connectivity index (χ2n) is 3.52. The van der Waals surface area contributed by atoms with Gasteiger partial charge in [0.2, 0.25) is 5.76 Å². The molecular formula is C10H14N2O5. The molecule has 1 aromatic rings. The van der Waals surface area contributed by atoms with Crippen LogP contribution in [-0.4, -0.2) is 39.7 Å². The monoisotopic (exact) mass is 242 g/mol. The minimum absolute atomic E-state index is 0.00769. The minimum Gasteiger partial charge on any atom is -0.480 e. The fraction of sp³-hybridized carbons (Fsp3) is 0.500. The average molecular weight is 242 g/mol. The summed E-state index contributed by atoms with van der Waals surface area (Å²) in [7, 11) is 0. The number of carbonyl (C=O) groups is 2. The predicted molar refractivity (Wildman–Crippen MR) is 56.6 cm³/mol. The van der Waals surface area contributed by atoms with Gasteiger partial charge in [-0.3, -0.25) is 4.79 Å². The van der Waals surface area contributed by atoms with Gasteiger partial charge in [-0.2, -0.15) is 0 Å². The number of hydrogen-bond donors (Lipinski definition) is 3. The molecule has 0 saturated heterocycles. The van der Waals surface area contributed by atoms with Crippen LogP contribution in [0.25, 0.3) is 0 Å². The summed E-state index contributed by atoms with van der Waals surface area (Å²) in [5, 5.41) is 19.7. The van der Waals surface area contributed by atoms with Crippen molar-refractivity contribution in [2.75, 3.05) is 6.61 Å². The van der Waals surface area contributed by atoms with Crippen LogP contribution in [0, 0.1) is 13.8 Å². The Balaban J connectivity index is 2.77. The van der Waals surface area contributed by atoms with E-state index in [9.17, 15) is 9.59 Å². The van der Waals surface area contributed by atoms with Gasteiger partial charge < -0.3 is 19.9 Å². The molecule has 0 bridgehead atoms. The number of carbonyl (C=O) groups excluding carboxylic acids is 1. The number of carboxylic acid groups (broad SMARTS) is 1. The number of nitrogens with zero attached hydrogens (tertiary/aromatic N) is 1. The van der Waals surface area contributed by atoms with E-state index >= 15 is 0 Å². The third kappa shape index (κ3) is 3.28. The fourth-order valence-corrected chi connectivity index (χ4v) is 1.35. The molecule has 1 atom stereocenters. The molecule has 94 valence electrons. The highest BCUT2D eigenvalue weighted by Crippen LogP contribution is 2.09. The van der Waals surface area contributed by atoms with E-state index in [-0.39, 0.29) is 18.8 Å². The molecule has 1 rings (SSSR count). The van der Waals surface area contributed by atoms with Crippen LogP contribution in [0.5, 0.6) is 0 Å². The van der Waals surface area contributed by atoms with Gasteiger partial charge >= 0.3 is 5.97 Å². The van der Waals surface area contributed by atoms with Crippen LogP contribution in [0.4, 0.5) is 0 Å². The van der Waals surface area contributed by atoms with Crippen LogP contribution < -0.4 is 5.32 Å². The number of aliphatic hydroxyl groups excluding tert-OH is 1. The van der Waals surface area contributed by atoms with Crippen molar-refractivity contribution in [3.63, 3.8) is 0 Å². The molecule has 0 aliphatic rings. The van der Waals surface area contributed by atoms with Crippen LogP contribution in [0.3, 0.4) is 0 Å². The van der Waals surface area contributed by atoms with Crippen LogP contribution >= 0.6 is 0 Å². The summed E-state index contributed by atoms with van der Waals surface area (Å²) in [6.07, 6.45) is -0.0623. The summed E-state index contributed by atoms with van der Waals surface area (Å²) >= 11 is 0. The molecule has 0 aliphatic heterocycles. The Labute approximate surface area is 97.5 Å². The summed E-state index contributed by atoms with van der Waals surface area (Å²) in [5.74, 6) is -1.53. The van der Waals surface area contributed by atoms with Crippen molar-refractivity contribution >= 4 is 11.9 Å². The third-order valence-corrected chi connectivity index (χ3v) is 2.13. The quantitative estimate of drug-likeness (QED) is 0.662. The van der Waals surface area contributed by atoms with Crippen LogP contribution in [0.1, 0.15) is 28.6 Å². The summed E-state index contributed by atoms with van der Waals surface area (Å²) in [6, 6.07) is -1.14.